The summed E-state index contributed by atoms with van der Waals surface area (Å²) in [6, 6.07) is 3.18. The van der Waals surface area contributed by atoms with Crippen LogP contribution in [0.1, 0.15) is 49.7 Å². The number of nitrogens with one attached hydrogen (secondary N) is 1. The van der Waals surface area contributed by atoms with Crippen LogP contribution in [0.15, 0.2) is 12.1 Å². The molecule has 2 aliphatic carbocycles. The van der Waals surface area contributed by atoms with E-state index in [1.807, 2.05) is 6.07 Å². The van der Waals surface area contributed by atoms with E-state index < -0.39 is 23.0 Å². The number of carboxylic acid groups (broad SMARTS) is 1. The van der Waals surface area contributed by atoms with Crippen LogP contribution in [0.25, 0.3) is 0 Å². The Morgan fingerprint density at radius 1 is 1.41 bits per heavy atom. The number of nitrogens with two attached hydrogens (primary N) is 1. The van der Waals surface area contributed by atoms with Crippen molar-refractivity contribution in [1.82, 2.24) is 10.2 Å². The van der Waals surface area contributed by atoms with E-state index in [-0.39, 0.29) is 23.9 Å². The number of carboxylic acids is 1. The summed E-state index contributed by atoms with van der Waals surface area (Å²) in [7, 11) is 3.97. The molecule has 0 amide bonds. The Labute approximate surface area is 189 Å². The third kappa shape index (κ3) is 2.79. The fourth-order valence-electron chi connectivity index (χ4n) is 7.34. The van der Waals surface area contributed by atoms with Gasteiger partial charge in [0, 0.05) is 24.8 Å². The molecule has 2 aliphatic heterocycles. The van der Waals surface area contributed by atoms with Gasteiger partial charge < -0.3 is 30.3 Å². The predicted molar refractivity (Wildman–Crippen MR) is 119 cm³/mol. The van der Waals surface area contributed by atoms with Gasteiger partial charge in [0.15, 0.2) is 11.5 Å². The Morgan fingerprint density at radius 2 is 2.22 bits per heavy atom. The van der Waals surface area contributed by atoms with Gasteiger partial charge in [-0.25, -0.2) is 0 Å². The molecule has 1 saturated heterocycles. The Bertz CT molecular complexity index is 910. The molecule has 1 aromatic rings. The molecule has 2 fully saturated rings. The van der Waals surface area contributed by atoms with Crippen molar-refractivity contribution < 1.29 is 24.5 Å². The first kappa shape index (κ1) is 21.9. The van der Waals surface area contributed by atoms with Crippen LogP contribution in [0.2, 0.25) is 0 Å². The zero-order valence-electron chi connectivity index (χ0n) is 19.0. The molecule has 5 N–H and O–H groups in total. The molecular weight excluding hydrogens is 410 g/mol. The quantitative estimate of drug-likeness (QED) is 0.443. The number of phenols is 1. The lowest BCUT2D eigenvalue weighted by molar-refractivity contribution is -0.204. The second-order valence-corrected chi connectivity index (χ2v) is 9.99. The van der Waals surface area contributed by atoms with Crippen molar-refractivity contribution >= 4 is 5.97 Å². The first-order chi connectivity index (χ1) is 15.4. The van der Waals surface area contributed by atoms with Crippen LogP contribution < -0.4 is 15.8 Å². The van der Waals surface area contributed by atoms with Gasteiger partial charge in [0.1, 0.15) is 12.1 Å². The molecule has 2 bridgehead atoms. The number of carbonyl (C=O) groups is 1. The number of hydrogen-bond acceptors (Lipinski definition) is 7. The van der Waals surface area contributed by atoms with E-state index in [0.717, 1.165) is 50.6 Å². The third-order valence-electron chi connectivity index (χ3n) is 8.71. The lowest BCUT2D eigenvalue weighted by Gasteiger charge is -2.65. The van der Waals surface area contributed by atoms with E-state index in [9.17, 15) is 15.0 Å². The normalized spacial score (nSPS) is 35.8. The van der Waals surface area contributed by atoms with Gasteiger partial charge in [-0.1, -0.05) is 12.5 Å². The molecule has 1 saturated carbocycles. The van der Waals surface area contributed by atoms with Crippen molar-refractivity contribution in [3.8, 4) is 11.5 Å². The second kappa shape index (κ2) is 7.87. The zero-order valence-corrected chi connectivity index (χ0v) is 19.0. The molecule has 1 spiro atoms. The summed E-state index contributed by atoms with van der Waals surface area (Å²) in [4.78, 5) is 14.4. The van der Waals surface area contributed by atoms with Gasteiger partial charge in [-0.2, -0.15) is 0 Å². The Kier molecular flexibility index (Phi) is 5.40. The topological polar surface area (TPSA) is 117 Å². The summed E-state index contributed by atoms with van der Waals surface area (Å²) in [6.07, 6.45) is 5.12. The highest BCUT2D eigenvalue weighted by molar-refractivity contribution is 5.73. The number of likely N-dealkylation sites (tertiary alicyclic amines) is 1. The van der Waals surface area contributed by atoms with Gasteiger partial charge >= 0.3 is 5.97 Å². The van der Waals surface area contributed by atoms with Gasteiger partial charge in [-0.15, -0.1) is 0 Å². The molecule has 4 aliphatic rings. The number of hydrogen-bond donors (Lipinski definition) is 4. The largest absolute Gasteiger partial charge is 0.504 e. The predicted octanol–water partition coefficient (Wildman–Crippen LogP) is 1.37. The van der Waals surface area contributed by atoms with Crippen LogP contribution >= 0.6 is 0 Å². The molecule has 2 heterocycles. The minimum Gasteiger partial charge on any atom is -0.504 e. The molecule has 0 aromatic heterocycles. The zero-order chi connectivity index (χ0) is 22.7. The summed E-state index contributed by atoms with van der Waals surface area (Å²) < 4.78 is 13.0. The number of likely N-dealkylation sites (N-methyl/N-ethyl adjacent to an activating group) is 1. The fourth-order valence-corrected chi connectivity index (χ4v) is 7.34. The number of benzene rings is 1. The van der Waals surface area contributed by atoms with Crippen LogP contribution in [0.3, 0.4) is 0 Å². The van der Waals surface area contributed by atoms with Gasteiger partial charge in [0.2, 0.25) is 0 Å². The summed E-state index contributed by atoms with van der Waals surface area (Å²) in [5.41, 5.74) is 7.08. The highest BCUT2D eigenvalue weighted by atomic mass is 16.5. The number of aromatic hydroxyl groups is 1. The number of ether oxygens (including phenoxy) is 2. The Hall–Kier alpha value is -1.87. The van der Waals surface area contributed by atoms with Crippen LogP contribution in [-0.2, 0) is 21.4 Å². The van der Waals surface area contributed by atoms with Crippen molar-refractivity contribution in [3.05, 3.63) is 23.3 Å². The summed E-state index contributed by atoms with van der Waals surface area (Å²) in [6.45, 7) is 1.48. The van der Waals surface area contributed by atoms with Gasteiger partial charge in [0.05, 0.1) is 11.0 Å². The first-order valence-corrected chi connectivity index (χ1v) is 11.9. The fraction of sp³-hybridized carbons (Fsp3) is 0.708. The monoisotopic (exact) mass is 445 g/mol. The molecule has 0 radical (unpaired) electrons. The van der Waals surface area contributed by atoms with E-state index >= 15 is 0 Å². The van der Waals surface area contributed by atoms with E-state index in [0.29, 0.717) is 18.7 Å². The molecule has 5 rings (SSSR count). The second-order valence-electron chi connectivity index (χ2n) is 9.99. The minimum atomic E-state index is -0.841. The lowest BCUT2D eigenvalue weighted by atomic mass is 9.48. The number of methoxy groups -OCH3 is 1. The van der Waals surface area contributed by atoms with E-state index in [4.69, 9.17) is 15.2 Å². The average Bonchev–Trinajstić information content (AvgIpc) is 3.14. The van der Waals surface area contributed by atoms with Gasteiger partial charge in [0.25, 0.3) is 0 Å². The molecule has 32 heavy (non-hydrogen) atoms. The van der Waals surface area contributed by atoms with Crippen LogP contribution in [0.4, 0.5) is 0 Å². The van der Waals surface area contributed by atoms with E-state index in [1.165, 1.54) is 5.56 Å². The smallest absolute Gasteiger partial charge is 0.320 e. The van der Waals surface area contributed by atoms with Crippen LogP contribution in [0.5, 0.6) is 11.5 Å². The standard InChI is InChI=1S/C24H35N3O5/c1-27-12-10-23-19-14-6-7-17(28)20(19)32-21(23)15(8-9-24(23,31-2)18(27)13-14)26-16(22(29)30)5-3-4-11-25/h6-7,15-16,18,21,26,28H,3-5,8-13,25H2,1-2H3,(H,29,30)/t15-,16+,18?,21+,23?,24-/m1/s1. The molecule has 8 heteroatoms. The first-order valence-electron chi connectivity index (χ1n) is 11.9. The summed E-state index contributed by atoms with van der Waals surface area (Å²) in [5, 5.41) is 24.0. The maximum Gasteiger partial charge on any atom is 0.320 e. The Balaban J connectivity index is 1.56. The van der Waals surface area contributed by atoms with Gasteiger partial charge in [-0.3, -0.25) is 10.1 Å². The number of nitrogens with zero attached hydrogens (tertiary/aromatic N) is 1. The number of aliphatic carboxylic acids is 1. The third-order valence-corrected chi connectivity index (χ3v) is 8.71. The highest BCUT2D eigenvalue weighted by Gasteiger charge is 2.73. The van der Waals surface area contributed by atoms with Crippen molar-refractivity contribution in [2.45, 2.75) is 80.2 Å². The van der Waals surface area contributed by atoms with Crippen molar-refractivity contribution in [2.24, 2.45) is 5.73 Å². The van der Waals surface area contributed by atoms with Crippen molar-refractivity contribution in [2.75, 3.05) is 27.2 Å². The Morgan fingerprint density at radius 3 is 2.94 bits per heavy atom. The highest BCUT2D eigenvalue weighted by Crippen LogP contribution is 2.66. The molecule has 1 aromatic carbocycles. The van der Waals surface area contributed by atoms with E-state index in [2.05, 4.69) is 17.3 Å². The number of phenolic OH excluding ortho intramolecular Hbond substituents is 1. The van der Waals surface area contributed by atoms with Crippen molar-refractivity contribution in [1.29, 1.82) is 0 Å². The molecular formula is C24H35N3O5. The number of piperidine rings is 1. The molecule has 6 atom stereocenters. The maximum atomic E-state index is 12.0. The maximum absolute atomic E-state index is 12.0. The average molecular weight is 446 g/mol. The molecule has 176 valence electrons. The number of unbranched alkanes of at least 4 members (excludes halogenated alkanes) is 1. The molecule has 2 unspecified atom stereocenters. The minimum absolute atomic E-state index is 0.140. The molecule has 8 nitrogen and oxygen atoms in total. The van der Waals surface area contributed by atoms with Crippen molar-refractivity contribution in [3.63, 3.8) is 0 Å². The summed E-state index contributed by atoms with van der Waals surface area (Å²) in [5.74, 6) is -0.112. The summed E-state index contributed by atoms with van der Waals surface area (Å²) >= 11 is 0. The number of rotatable bonds is 8. The van der Waals surface area contributed by atoms with Crippen LogP contribution in [-0.4, -0.2) is 78.2 Å². The lowest BCUT2D eigenvalue weighted by Crippen LogP contribution is -2.78. The SMILES string of the molecule is CO[C@@]12CC[C@@H](N[C@@H](CCCCN)C(=O)O)[C@@H]3Oc4c(O)ccc5c4C31CCN(C)C2C5. The van der Waals surface area contributed by atoms with Crippen LogP contribution in [0, 0.1) is 0 Å². The van der Waals surface area contributed by atoms with E-state index in [1.54, 1.807) is 13.2 Å². The van der Waals surface area contributed by atoms with Gasteiger partial charge in [-0.05, 0) is 70.3 Å².